The average molecular weight is 376 g/mol. The van der Waals surface area contributed by atoms with Crippen LogP contribution >= 0.6 is 0 Å². The number of hydrogen-bond donors (Lipinski definition) is 3. The van der Waals surface area contributed by atoms with Crippen LogP contribution in [0, 0.1) is 0 Å². The first-order valence-corrected chi connectivity index (χ1v) is 9.27. The van der Waals surface area contributed by atoms with Crippen molar-refractivity contribution in [3.05, 3.63) is 0 Å². The normalized spacial score (nSPS) is 13.0. The summed E-state index contributed by atoms with van der Waals surface area (Å²) in [6, 6.07) is 0. The molecule has 2 atom stereocenters. The summed E-state index contributed by atoms with van der Waals surface area (Å²) in [5, 5.41) is 27.0. The van der Waals surface area contributed by atoms with Gasteiger partial charge in [-0.25, -0.2) is 4.79 Å². The first-order valence-electron chi connectivity index (χ1n) is 9.27. The molecule has 0 heterocycles. The molecule has 0 aromatic heterocycles. The molecule has 1 unspecified atom stereocenters. The summed E-state index contributed by atoms with van der Waals surface area (Å²) in [5.74, 6) is -2.90. The molecule has 0 spiro atoms. The fourth-order valence-electron chi connectivity index (χ4n) is 2.21. The Balaban J connectivity index is 3.60. The van der Waals surface area contributed by atoms with Crippen LogP contribution in [0.3, 0.4) is 0 Å². The molecular weight excluding hydrogens is 344 g/mol. The van der Waals surface area contributed by atoms with Crippen molar-refractivity contribution in [2.24, 2.45) is 0 Å². The molecule has 0 radical (unpaired) electrons. The van der Waals surface area contributed by atoms with Gasteiger partial charge in [-0.1, -0.05) is 51.9 Å². The van der Waals surface area contributed by atoms with Crippen LogP contribution in [0.15, 0.2) is 0 Å². The number of carboxylic acid groups (broad SMARTS) is 1. The number of rotatable bonds is 16. The molecule has 3 N–H and O–H groups in total. The van der Waals surface area contributed by atoms with Gasteiger partial charge in [0.2, 0.25) is 0 Å². The van der Waals surface area contributed by atoms with Gasteiger partial charge in [0.25, 0.3) is 0 Å². The summed E-state index contributed by atoms with van der Waals surface area (Å²) in [5.41, 5.74) is 0. The van der Waals surface area contributed by atoms with Gasteiger partial charge in [-0.3, -0.25) is 9.59 Å². The number of carboxylic acids is 1. The van der Waals surface area contributed by atoms with Crippen molar-refractivity contribution in [3.63, 3.8) is 0 Å². The third kappa shape index (κ3) is 14.7. The third-order valence-corrected chi connectivity index (χ3v) is 3.75. The van der Waals surface area contributed by atoms with Gasteiger partial charge < -0.3 is 24.8 Å². The van der Waals surface area contributed by atoms with Crippen LogP contribution in [0.25, 0.3) is 0 Å². The minimum atomic E-state index is -1.84. The van der Waals surface area contributed by atoms with E-state index >= 15 is 0 Å². The highest BCUT2D eigenvalue weighted by Gasteiger charge is 2.19. The maximum Gasteiger partial charge on any atom is 0.333 e. The summed E-state index contributed by atoms with van der Waals surface area (Å²) in [7, 11) is 0. The molecule has 0 saturated carbocycles. The first-order chi connectivity index (χ1) is 12.4. The van der Waals surface area contributed by atoms with Gasteiger partial charge in [0.15, 0.2) is 6.10 Å². The zero-order valence-corrected chi connectivity index (χ0v) is 15.5. The minimum Gasteiger partial charge on any atom is -0.479 e. The Hall–Kier alpha value is -1.67. The molecule has 8 nitrogen and oxygen atoms in total. The molecule has 0 rings (SSSR count). The van der Waals surface area contributed by atoms with Crippen molar-refractivity contribution in [1.29, 1.82) is 0 Å². The number of aliphatic hydroxyl groups excluding tert-OH is 2. The third-order valence-electron chi connectivity index (χ3n) is 3.75. The molecule has 152 valence electrons. The Labute approximate surface area is 154 Å². The van der Waals surface area contributed by atoms with Crippen LogP contribution in [0.2, 0.25) is 0 Å². The number of unbranched alkanes of at least 4 members (excludes halogenated alkanes) is 7. The number of aliphatic carboxylic acids is 1. The number of carbonyl (C=O) groups is 3. The number of carbonyl (C=O) groups excluding carboxylic acids is 2. The van der Waals surface area contributed by atoms with Crippen LogP contribution in [0.1, 0.15) is 71.1 Å². The largest absolute Gasteiger partial charge is 0.479 e. The molecule has 26 heavy (non-hydrogen) atoms. The number of aliphatic hydroxyl groups is 2. The van der Waals surface area contributed by atoms with E-state index in [0.717, 1.165) is 19.3 Å². The monoisotopic (exact) mass is 376 g/mol. The van der Waals surface area contributed by atoms with Gasteiger partial charge in [0.05, 0.1) is 6.42 Å². The van der Waals surface area contributed by atoms with Crippen LogP contribution < -0.4 is 0 Å². The Bertz CT molecular complexity index is 410. The SMILES string of the molecule is CCCCCCCCCCC(=O)OCC(O)COC(=O)C[C@H](O)C(=O)O. The number of ether oxygens (including phenoxy) is 2. The smallest absolute Gasteiger partial charge is 0.333 e. The van der Waals surface area contributed by atoms with Crippen molar-refractivity contribution in [2.75, 3.05) is 13.2 Å². The molecule has 0 aromatic rings. The molecular formula is C18H32O8. The lowest BCUT2D eigenvalue weighted by atomic mass is 10.1. The highest BCUT2D eigenvalue weighted by Crippen LogP contribution is 2.10. The molecule has 0 saturated heterocycles. The summed E-state index contributed by atoms with van der Waals surface area (Å²) in [4.78, 5) is 33.1. The lowest BCUT2D eigenvalue weighted by Gasteiger charge is -2.12. The van der Waals surface area contributed by atoms with Crippen LogP contribution in [-0.4, -0.2) is 58.6 Å². The maximum absolute atomic E-state index is 11.5. The predicted octanol–water partition coefficient (Wildman–Crippen LogP) is 1.80. The molecule has 0 amide bonds. The summed E-state index contributed by atoms with van der Waals surface area (Å²) < 4.78 is 9.50. The van der Waals surface area contributed by atoms with Gasteiger partial charge >= 0.3 is 17.9 Å². The maximum atomic E-state index is 11.5. The molecule has 0 bridgehead atoms. The molecule has 0 aliphatic heterocycles. The average Bonchev–Trinajstić information content (AvgIpc) is 2.60. The summed E-state index contributed by atoms with van der Waals surface area (Å²) in [6.45, 7) is 1.44. The van der Waals surface area contributed by atoms with Crippen molar-refractivity contribution >= 4 is 17.9 Å². The fraction of sp³-hybridized carbons (Fsp3) is 0.833. The topological polar surface area (TPSA) is 130 Å². The Kier molecular flexibility index (Phi) is 14.6. The molecule has 0 aliphatic carbocycles. The molecule has 0 fully saturated rings. The Morgan fingerprint density at radius 3 is 1.85 bits per heavy atom. The van der Waals surface area contributed by atoms with Gasteiger partial charge in [0.1, 0.15) is 19.3 Å². The van der Waals surface area contributed by atoms with Crippen molar-refractivity contribution in [3.8, 4) is 0 Å². The second-order valence-electron chi connectivity index (χ2n) is 6.30. The van der Waals surface area contributed by atoms with Gasteiger partial charge in [-0.05, 0) is 6.42 Å². The summed E-state index contributed by atoms with van der Waals surface area (Å²) in [6.07, 6.45) is 5.50. The lowest BCUT2D eigenvalue weighted by molar-refractivity contribution is -0.159. The Morgan fingerprint density at radius 1 is 0.808 bits per heavy atom. The zero-order valence-electron chi connectivity index (χ0n) is 15.5. The van der Waals surface area contributed by atoms with Crippen LogP contribution in [0.4, 0.5) is 0 Å². The second kappa shape index (κ2) is 15.6. The van der Waals surface area contributed by atoms with E-state index in [9.17, 15) is 19.5 Å². The lowest BCUT2D eigenvalue weighted by Crippen LogP contribution is -2.28. The van der Waals surface area contributed by atoms with Crippen LogP contribution in [0.5, 0.6) is 0 Å². The fourth-order valence-corrected chi connectivity index (χ4v) is 2.21. The zero-order chi connectivity index (χ0) is 19.8. The highest BCUT2D eigenvalue weighted by atomic mass is 16.6. The van der Waals surface area contributed by atoms with Gasteiger partial charge in [-0.2, -0.15) is 0 Å². The van der Waals surface area contributed by atoms with Gasteiger partial charge in [-0.15, -0.1) is 0 Å². The van der Waals surface area contributed by atoms with E-state index in [0.29, 0.717) is 0 Å². The predicted molar refractivity (Wildman–Crippen MR) is 93.4 cm³/mol. The summed E-state index contributed by atoms with van der Waals surface area (Å²) >= 11 is 0. The van der Waals surface area contributed by atoms with E-state index in [1.165, 1.54) is 32.1 Å². The van der Waals surface area contributed by atoms with Gasteiger partial charge in [0, 0.05) is 6.42 Å². The molecule has 8 heteroatoms. The first kappa shape index (κ1) is 24.3. The minimum absolute atomic E-state index is 0.284. The van der Waals surface area contributed by atoms with E-state index in [1.54, 1.807) is 0 Å². The molecule has 0 aromatic carbocycles. The number of esters is 2. The second-order valence-corrected chi connectivity index (χ2v) is 6.30. The van der Waals surface area contributed by atoms with E-state index < -0.39 is 43.1 Å². The van der Waals surface area contributed by atoms with Crippen molar-refractivity contribution in [1.82, 2.24) is 0 Å². The Morgan fingerprint density at radius 2 is 1.31 bits per heavy atom. The molecule has 0 aliphatic rings. The van der Waals surface area contributed by atoms with Crippen molar-refractivity contribution < 1.29 is 39.2 Å². The van der Waals surface area contributed by atoms with E-state index in [-0.39, 0.29) is 13.0 Å². The van der Waals surface area contributed by atoms with E-state index in [2.05, 4.69) is 11.7 Å². The van der Waals surface area contributed by atoms with E-state index in [4.69, 9.17) is 14.9 Å². The van der Waals surface area contributed by atoms with E-state index in [1.807, 2.05) is 0 Å². The van der Waals surface area contributed by atoms with Crippen LogP contribution in [-0.2, 0) is 23.9 Å². The quantitative estimate of drug-likeness (QED) is 0.275. The number of hydrogen-bond acceptors (Lipinski definition) is 7. The highest BCUT2D eigenvalue weighted by molar-refractivity contribution is 5.80. The standard InChI is InChI=1S/C18H32O8/c1-2-3-4-5-6-7-8-9-10-16(21)25-12-14(19)13-26-17(22)11-15(20)18(23)24/h14-15,19-20H,2-13H2,1H3,(H,23,24)/t14?,15-/m0/s1. The van der Waals surface area contributed by atoms with Crippen molar-refractivity contribution in [2.45, 2.75) is 83.3 Å².